The van der Waals surface area contributed by atoms with E-state index < -0.39 is 0 Å². The lowest BCUT2D eigenvalue weighted by molar-refractivity contribution is 1.13. The number of hydrogen-bond acceptors (Lipinski definition) is 3. The van der Waals surface area contributed by atoms with Crippen molar-refractivity contribution < 1.29 is 0 Å². The summed E-state index contributed by atoms with van der Waals surface area (Å²) in [7, 11) is 0. The minimum absolute atomic E-state index is 0.494. The van der Waals surface area contributed by atoms with Crippen LogP contribution in [-0.4, -0.2) is 10.2 Å². The highest BCUT2D eigenvalue weighted by Crippen LogP contribution is 2.30. The van der Waals surface area contributed by atoms with Crippen LogP contribution in [0.15, 0.2) is 36.4 Å². The predicted octanol–water partition coefficient (Wildman–Crippen LogP) is 3.05. The summed E-state index contributed by atoms with van der Waals surface area (Å²) < 4.78 is 0. The number of rotatable bonds is 1. The summed E-state index contributed by atoms with van der Waals surface area (Å²) in [4.78, 5) is 0. The zero-order valence-corrected chi connectivity index (χ0v) is 10.2. The highest BCUT2D eigenvalue weighted by atomic mass is 35.5. The number of aromatic nitrogens is 2. The van der Waals surface area contributed by atoms with Crippen molar-refractivity contribution in [3.8, 4) is 11.1 Å². The number of hydrogen-bond donors (Lipinski definition) is 3. The minimum Gasteiger partial charge on any atom is -0.398 e. The lowest BCUT2D eigenvalue weighted by Crippen LogP contribution is -1.87. The first kappa shape index (κ1) is 10.9. The van der Waals surface area contributed by atoms with E-state index in [1.807, 2.05) is 30.3 Å². The SMILES string of the molecule is Nc1ccc(-c2ccc3[nH]nc(N)c3c2)cc1Cl. The molecular weight excluding hydrogens is 248 g/mol. The molecule has 0 radical (unpaired) electrons. The van der Waals surface area contributed by atoms with Gasteiger partial charge in [-0.2, -0.15) is 5.10 Å². The van der Waals surface area contributed by atoms with Crippen LogP contribution in [0, 0.1) is 0 Å². The van der Waals surface area contributed by atoms with Crippen LogP contribution < -0.4 is 11.5 Å². The largest absolute Gasteiger partial charge is 0.398 e. The Morgan fingerprint density at radius 2 is 1.72 bits per heavy atom. The summed E-state index contributed by atoms with van der Waals surface area (Å²) in [6, 6.07) is 11.5. The van der Waals surface area contributed by atoms with E-state index in [9.17, 15) is 0 Å². The van der Waals surface area contributed by atoms with Crippen molar-refractivity contribution in [2.45, 2.75) is 0 Å². The van der Waals surface area contributed by atoms with E-state index in [0.29, 0.717) is 16.5 Å². The number of H-pyrrole nitrogens is 1. The van der Waals surface area contributed by atoms with Crippen LogP contribution in [0.2, 0.25) is 5.02 Å². The Morgan fingerprint density at radius 3 is 2.50 bits per heavy atom. The molecule has 3 aromatic rings. The topological polar surface area (TPSA) is 80.7 Å². The molecular formula is C13H11ClN4. The monoisotopic (exact) mass is 258 g/mol. The van der Waals surface area contributed by atoms with Gasteiger partial charge in [0.15, 0.2) is 5.82 Å². The summed E-state index contributed by atoms with van der Waals surface area (Å²) in [6.07, 6.45) is 0. The third-order valence-corrected chi connectivity index (χ3v) is 3.25. The van der Waals surface area contributed by atoms with Crippen molar-refractivity contribution in [2.75, 3.05) is 11.5 Å². The van der Waals surface area contributed by atoms with Crippen LogP contribution in [0.3, 0.4) is 0 Å². The minimum atomic E-state index is 0.494. The van der Waals surface area contributed by atoms with E-state index in [-0.39, 0.29) is 0 Å². The highest BCUT2D eigenvalue weighted by Gasteiger charge is 2.06. The van der Waals surface area contributed by atoms with Gasteiger partial charge in [0.05, 0.1) is 16.2 Å². The third kappa shape index (κ3) is 1.67. The predicted molar refractivity (Wildman–Crippen MR) is 75.4 cm³/mol. The van der Waals surface area contributed by atoms with Gasteiger partial charge in [0.1, 0.15) is 0 Å². The molecule has 3 rings (SSSR count). The van der Waals surface area contributed by atoms with Crippen LogP contribution in [0.4, 0.5) is 11.5 Å². The van der Waals surface area contributed by atoms with Crippen molar-refractivity contribution in [3.05, 3.63) is 41.4 Å². The number of aromatic amines is 1. The number of benzene rings is 2. The van der Waals surface area contributed by atoms with Gasteiger partial charge in [-0.3, -0.25) is 5.10 Å². The lowest BCUT2D eigenvalue weighted by Gasteiger charge is -2.04. The van der Waals surface area contributed by atoms with Gasteiger partial charge in [-0.1, -0.05) is 23.7 Å². The standard InChI is InChI=1S/C13H11ClN4/c14-10-6-8(1-3-11(10)15)7-2-4-12-9(5-7)13(16)18-17-12/h1-6H,15H2,(H3,16,17,18). The fraction of sp³-hybridized carbons (Fsp3) is 0. The average Bonchev–Trinajstić information content (AvgIpc) is 2.74. The van der Waals surface area contributed by atoms with Gasteiger partial charge in [0, 0.05) is 5.39 Å². The van der Waals surface area contributed by atoms with Crippen LogP contribution in [0.5, 0.6) is 0 Å². The smallest absolute Gasteiger partial charge is 0.153 e. The quantitative estimate of drug-likeness (QED) is 0.587. The molecule has 1 aromatic heterocycles. The first-order chi connectivity index (χ1) is 8.65. The summed E-state index contributed by atoms with van der Waals surface area (Å²) in [5, 5.41) is 8.29. The van der Waals surface area contributed by atoms with Crippen molar-refractivity contribution in [2.24, 2.45) is 0 Å². The molecule has 0 spiro atoms. The number of nitrogen functional groups attached to an aromatic ring is 2. The third-order valence-electron chi connectivity index (χ3n) is 2.93. The Bertz CT molecular complexity index is 733. The molecule has 0 fully saturated rings. The van der Waals surface area contributed by atoms with E-state index in [4.69, 9.17) is 23.1 Å². The number of halogens is 1. The molecule has 5 N–H and O–H groups in total. The Morgan fingerprint density at radius 1 is 1.00 bits per heavy atom. The first-order valence-corrected chi connectivity index (χ1v) is 5.82. The number of nitrogens with two attached hydrogens (primary N) is 2. The Balaban J connectivity index is 2.18. The summed E-state index contributed by atoms with van der Waals surface area (Å²) in [6.45, 7) is 0. The Labute approximate surface area is 109 Å². The van der Waals surface area contributed by atoms with Gasteiger partial charge in [-0.05, 0) is 35.4 Å². The molecule has 90 valence electrons. The summed E-state index contributed by atoms with van der Waals surface area (Å²) in [5.74, 6) is 0.494. The molecule has 1 heterocycles. The zero-order chi connectivity index (χ0) is 12.7. The van der Waals surface area contributed by atoms with Crippen LogP contribution in [-0.2, 0) is 0 Å². The molecule has 0 aliphatic heterocycles. The average molecular weight is 259 g/mol. The van der Waals surface area contributed by atoms with E-state index in [1.54, 1.807) is 6.07 Å². The fourth-order valence-electron chi connectivity index (χ4n) is 1.92. The molecule has 18 heavy (non-hydrogen) atoms. The molecule has 0 amide bonds. The molecule has 5 heteroatoms. The number of fused-ring (bicyclic) bond motifs is 1. The Hall–Kier alpha value is -2.20. The van der Waals surface area contributed by atoms with E-state index >= 15 is 0 Å². The molecule has 0 aliphatic carbocycles. The molecule has 0 aliphatic rings. The van der Waals surface area contributed by atoms with Gasteiger partial charge in [-0.15, -0.1) is 0 Å². The van der Waals surface area contributed by atoms with Crippen molar-refractivity contribution in [3.63, 3.8) is 0 Å². The molecule has 0 atom stereocenters. The van der Waals surface area contributed by atoms with Gasteiger partial charge in [-0.25, -0.2) is 0 Å². The van der Waals surface area contributed by atoms with E-state index in [0.717, 1.165) is 22.0 Å². The molecule has 0 unspecified atom stereocenters. The summed E-state index contributed by atoms with van der Waals surface area (Å²) in [5.41, 5.74) is 15.0. The van der Waals surface area contributed by atoms with Crippen molar-refractivity contribution in [1.29, 1.82) is 0 Å². The normalized spacial score (nSPS) is 10.9. The van der Waals surface area contributed by atoms with Crippen LogP contribution >= 0.6 is 11.6 Å². The lowest BCUT2D eigenvalue weighted by atomic mass is 10.0. The number of nitrogens with one attached hydrogen (secondary N) is 1. The maximum absolute atomic E-state index is 6.02. The second-order valence-electron chi connectivity index (χ2n) is 4.11. The second-order valence-corrected chi connectivity index (χ2v) is 4.51. The van der Waals surface area contributed by atoms with E-state index in [1.165, 1.54) is 0 Å². The fourth-order valence-corrected chi connectivity index (χ4v) is 2.10. The van der Waals surface area contributed by atoms with E-state index in [2.05, 4.69) is 10.2 Å². The van der Waals surface area contributed by atoms with Crippen molar-refractivity contribution in [1.82, 2.24) is 10.2 Å². The zero-order valence-electron chi connectivity index (χ0n) is 9.44. The Kier molecular flexibility index (Phi) is 2.38. The van der Waals surface area contributed by atoms with Gasteiger partial charge < -0.3 is 11.5 Å². The molecule has 0 bridgehead atoms. The maximum atomic E-state index is 6.02. The molecule has 2 aromatic carbocycles. The van der Waals surface area contributed by atoms with Crippen LogP contribution in [0.25, 0.3) is 22.0 Å². The van der Waals surface area contributed by atoms with Gasteiger partial charge in [0.2, 0.25) is 0 Å². The maximum Gasteiger partial charge on any atom is 0.153 e. The van der Waals surface area contributed by atoms with Crippen LogP contribution in [0.1, 0.15) is 0 Å². The highest BCUT2D eigenvalue weighted by molar-refractivity contribution is 6.33. The second kappa shape index (κ2) is 3.92. The molecule has 0 saturated carbocycles. The van der Waals surface area contributed by atoms with Gasteiger partial charge in [0.25, 0.3) is 0 Å². The first-order valence-electron chi connectivity index (χ1n) is 5.44. The molecule has 0 saturated heterocycles. The number of nitrogens with zero attached hydrogens (tertiary/aromatic N) is 1. The molecule has 4 nitrogen and oxygen atoms in total. The number of anilines is 2. The summed E-state index contributed by atoms with van der Waals surface area (Å²) >= 11 is 6.02. The van der Waals surface area contributed by atoms with Gasteiger partial charge >= 0.3 is 0 Å². The van der Waals surface area contributed by atoms with Crippen molar-refractivity contribution >= 4 is 34.0 Å².